The Bertz CT molecular complexity index is 603. The molecule has 168 valence electrons. The molecule has 1 saturated heterocycles. The number of hydrogen-bond acceptors (Lipinski definition) is 3. The Hall–Kier alpha value is -1.32. The second-order valence-electron chi connectivity index (χ2n) is 10.4. The lowest BCUT2D eigenvalue weighted by molar-refractivity contribution is 0.165. The molecule has 0 amide bonds. The molecule has 0 spiro atoms. The van der Waals surface area contributed by atoms with Crippen LogP contribution < -0.4 is 5.01 Å². The van der Waals surface area contributed by atoms with Crippen LogP contribution in [0.15, 0.2) is 6.07 Å². The molecule has 0 radical (unpaired) electrons. The molecular formula is C25H46N2O2. The summed E-state index contributed by atoms with van der Waals surface area (Å²) in [5.74, 6) is 0.383. The van der Waals surface area contributed by atoms with E-state index >= 15 is 0 Å². The quantitative estimate of drug-likeness (QED) is 0.366. The van der Waals surface area contributed by atoms with E-state index in [0.717, 1.165) is 31.2 Å². The van der Waals surface area contributed by atoms with E-state index < -0.39 is 0 Å². The van der Waals surface area contributed by atoms with Gasteiger partial charge in [0, 0.05) is 11.6 Å². The van der Waals surface area contributed by atoms with Gasteiger partial charge in [0.2, 0.25) is 11.8 Å². The molecule has 29 heavy (non-hydrogen) atoms. The lowest BCUT2D eigenvalue weighted by Crippen LogP contribution is -2.63. The maximum absolute atomic E-state index is 10.9. The van der Waals surface area contributed by atoms with E-state index in [-0.39, 0.29) is 22.8 Å². The largest absolute Gasteiger partial charge is 0.493 e. The first-order chi connectivity index (χ1) is 13.7. The van der Waals surface area contributed by atoms with Crippen molar-refractivity contribution >= 4 is 0 Å². The van der Waals surface area contributed by atoms with Gasteiger partial charge < -0.3 is 10.2 Å². The molecule has 2 heterocycles. The molecule has 4 heteroatoms. The van der Waals surface area contributed by atoms with Gasteiger partial charge in [0.1, 0.15) is 0 Å². The Morgan fingerprint density at radius 1 is 0.793 bits per heavy atom. The summed E-state index contributed by atoms with van der Waals surface area (Å²) in [7, 11) is 0. The van der Waals surface area contributed by atoms with Crippen molar-refractivity contribution < 1.29 is 10.2 Å². The number of nitrogens with zero attached hydrogens (tertiary/aromatic N) is 2. The highest BCUT2D eigenvalue weighted by molar-refractivity contribution is 5.39. The minimum Gasteiger partial charge on any atom is -0.493 e. The van der Waals surface area contributed by atoms with Crippen LogP contribution in [-0.2, 0) is 6.42 Å². The van der Waals surface area contributed by atoms with E-state index in [2.05, 4.69) is 39.6 Å². The van der Waals surface area contributed by atoms with Crippen molar-refractivity contribution in [3.8, 4) is 11.8 Å². The average Bonchev–Trinajstić information content (AvgIpc) is 2.89. The second kappa shape index (κ2) is 10.6. The van der Waals surface area contributed by atoms with Gasteiger partial charge in [-0.2, -0.15) is 4.68 Å². The van der Waals surface area contributed by atoms with Crippen molar-refractivity contribution in [3.63, 3.8) is 0 Å². The van der Waals surface area contributed by atoms with Gasteiger partial charge in [0.05, 0.1) is 11.1 Å². The van der Waals surface area contributed by atoms with Crippen molar-refractivity contribution in [2.75, 3.05) is 5.01 Å². The maximum atomic E-state index is 10.9. The Kier molecular flexibility index (Phi) is 8.78. The Morgan fingerprint density at radius 2 is 1.28 bits per heavy atom. The summed E-state index contributed by atoms with van der Waals surface area (Å²) in [6.07, 6.45) is 17.2. The van der Waals surface area contributed by atoms with E-state index in [4.69, 9.17) is 0 Å². The maximum Gasteiger partial charge on any atom is 0.216 e. The summed E-state index contributed by atoms with van der Waals surface area (Å²) < 4.78 is 1.67. The molecule has 0 bridgehead atoms. The Labute approximate surface area is 179 Å². The summed E-state index contributed by atoms with van der Waals surface area (Å²) in [5, 5.41) is 23.8. The van der Waals surface area contributed by atoms with Crippen molar-refractivity contribution in [1.29, 1.82) is 0 Å². The lowest BCUT2D eigenvalue weighted by Gasteiger charge is -2.54. The van der Waals surface area contributed by atoms with E-state index in [0.29, 0.717) is 0 Å². The van der Waals surface area contributed by atoms with Gasteiger partial charge in [-0.1, -0.05) is 64.7 Å². The van der Waals surface area contributed by atoms with Crippen molar-refractivity contribution in [1.82, 2.24) is 4.68 Å². The topological polar surface area (TPSA) is 48.6 Å². The third-order valence-corrected chi connectivity index (χ3v) is 6.73. The normalized spacial score (nSPS) is 18.3. The third-order valence-electron chi connectivity index (χ3n) is 6.73. The summed E-state index contributed by atoms with van der Waals surface area (Å²) in [4.78, 5) is 0. The van der Waals surface area contributed by atoms with E-state index in [9.17, 15) is 10.2 Å². The van der Waals surface area contributed by atoms with E-state index in [1.807, 2.05) is 0 Å². The standard InChI is InChI=1S/C25H46N2O2/c1-6-7-8-9-10-11-12-13-14-15-17-21-20-22(28)26(23(21)29)27-24(2,3)18-16-19-25(27,4)5/h20,28-29H,6-19H2,1-5H3. The van der Waals surface area contributed by atoms with E-state index in [1.54, 1.807) is 10.7 Å². The number of piperidine rings is 1. The molecule has 2 rings (SSSR count). The number of unbranched alkanes of at least 4 members (excludes halogenated alkanes) is 9. The fourth-order valence-electron chi connectivity index (χ4n) is 5.24. The highest BCUT2D eigenvalue weighted by Gasteiger charge is 2.43. The molecule has 1 aromatic rings. The molecule has 1 aliphatic rings. The number of hydrogen-bond donors (Lipinski definition) is 2. The summed E-state index contributed by atoms with van der Waals surface area (Å²) in [6.45, 7) is 11.1. The number of rotatable bonds is 12. The number of aryl methyl sites for hydroxylation is 1. The Morgan fingerprint density at radius 3 is 1.79 bits per heavy atom. The van der Waals surface area contributed by atoms with E-state index in [1.165, 1.54) is 64.2 Å². The molecule has 1 aromatic heterocycles. The first-order valence-corrected chi connectivity index (χ1v) is 12.1. The van der Waals surface area contributed by atoms with Crippen LogP contribution in [0.25, 0.3) is 0 Å². The lowest BCUT2D eigenvalue weighted by atomic mass is 9.81. The van der Waals surface area contributed by atoms with Gasteiger partial charge in [-0.25, -0.2) is 0 Å². The van der Waals surface area contributed by atoms with Gasteiger partial charge >= 0.3 is 0 Å². The van der Waals surface area contributed by atoms with Crippen LogP contribution in [0.1, 0.15) is 124 Å². The minimum absolute atomic E-state index is 0.107. The predicted molar refractivity (Wildman–Crippen MR) is 124 cm³/mol. The van der Waals surface area contributed by atoms with Crippen LogP contribution in [0, 0.1) is 0 Å². The van der Waals surface area contributed by atoms with Crippen LogP contribution in [0.4, 0.5) is 0 Å². The second-order valence-corrected chi connectivity index (χ2v) is 10.4. The highest BCUT2D eigenvalue weighted by Crippen LogP contribution is 2.41. The molecular weight excluding hydrogens is 360 g/mol. The van der Waals surface area contributed by atoms with Crippen molar-refractivity contribution in [2.24, 2.45) is 0 Å². The zero-order valence-electron chi connectivity index (χ0n) is 19.8. The zero-order valence-corrected chi connectivity index (χ0v) is 19.8. The molecule has 1 aliphatic heterocycles. The third kappa shape index (κ3) is 6.33. The molecule has 0 aromatic carbocycles. The molecule has 0 saturated carbocycles. The first kappa shape index (κ1) is 24.0. The molecule has 2 N–H and O–H groups in total. The first-order valence-electron chi connectivity index (χ1n) is 12.1. The van der Waals surface area contributed by atoms with Crippen LogP contribution in [0.2, 0.25) is 0 Å². The smallest absolute Gasteiger partial charge is 0.216 e. The monoisotopic (exact) mass is 406 g/mol. The SMILES string of the molecule is CCCCCCCCCCCCc1cc(O)n(N2C(C)(C)CCCC2(C)C)c1O. The van der Waals surface area contributed by atoms with Crippen molar-refractivity contribution in [2.45, 2.75) is 136 Å². The van der Waals surface area contributed by atoms with Crippen molar-refractivity contribution in [3.05, 3.63) is 11.6 Å². The molecule has 0 atom stereocenters. The van der Waals surface area contributed by atoms with Crippen LogP contribution in [-0.4, -0.2) is 26.0 Å². The summed E-state index contributed by atoms with van der Waals surface area (Å²) >= 11 is 0. The van der Waals surface area contributed by atoms with Gasteiger partial charge in [0.15, 0.2) is 0 Å². The minimum atomic E-state index is -0.107. The molecule has 4 nitrogen and oxygen atoms in total. The highest BCUT2D eigenvalue weighted by atomic mass is 16.3. The van der Waals surface area contributed by atoms with Gasteiger partial charge in [0.25, 0.3) is 0 Å². The predicted octanol–water partition coefficient (Wildman–Crippen LogP) is 7.04. The van der Waals surface area contributed by atoms with Crippen LogP contribution >= 0.6 is 0 Å². The van der Waals surface area contributed by atoms with Crippen LogP contribution in [0.5, 0.6) is 11.8 Å². The molecule has 0 aliphatic carbocycles. The summed E-state index contributed by atoms with van der Waals surface area (Å²) in [5.41, 5.74) is 0.660. The number of aromatic nitrogens is 1. The van der Waals surface area contributed by atoms with Crippen LogP contribution in [0.3, 0.4) is 0 Å². The number of aromatic hydroxyl groups is 2. The zero-order chi connectivity index (χ0) is 21.5. The fourth-order valence-corrected chi connectivity index (χ4v) is 5.24. The average molecular weight is 407 g/mol. The molecule has 0 unspecified atom stereocenters. The Balaban J connectivity index is 1.85. The molecule has 1 fully saturated rings. The summed E-state index contributed by atoms with van der Waals surface area (Å²) in [6, 6.07) is 1.77. The van der Waals surface area contributed by atoms with Gasteiger partial charge in [-0.15, -0.1) is 0 Å². The van der Waals surface area contributed by atoms with Gasteiger partial charge in [-0.3, -0.25) is 5.01 Å². The fraction of sp³-hybridized carbons (Fsp3) is 0.840. The van der Waals surface area contributed by atoms with Gasteiger partial charge in [-0.05, 0) is 59.8 Å².